The summed E-state index contributed by atoms with van der Waals surface area (Å²) in [7, 11) is 0. The molecule has 0 fully saturated rings. The van der Waals surface area contributed by atoms with Crippen LogP contribution in [0.15, 0.2) is 59.7 Å². The molecule has 0 aliphatic rings. The molecule has 1 N–H and O–H groups in total. The third-order valence-electron chi connectivity index (χ3n) is 4.81. The number of hydrogen-bond donors (Lipinski definition) is 1. The third-order valence-corrected chi connectivity index (χ3v) is 4.81. The van der Waals surface area contributed by atoms with Crippen LogP contribution in [0, 0.1) is 18.6 Å². The van der Waals surface area contributed by atoms with Crippen molar-refractivity contribution in [3.63, 3.8) is 0 Å². The Morgan fingerprint density at radius 3 is 2.72 bits per heavy atom. The smallest absolute Gasteiger partial charge is 0.199 e. The fourth-order valence-corrected chi connectivity index (χ4v) is 3.26. The van der Waals surface area contributed by atoms with Crippen LogP contribution in [0.3, 0.4) is 0 Å². The molecule has 0 aliphatic heterocycles. The minimum Gasteiger partial charge on any atom is -0.351 e. The molecule has 0 atom stereocenters. The summed E-state index contributed by atoms with van der Waals surface area (Å²) >= 11 is 0. The van der Waals surface area contributed by atoms with E-state index >= 15 is 0 Å². The van der Waals surface area contributed by atoms with Crippen LogP contribution < -0.4 is 5.43 Å². The maximum absolute atomic E-state index is 13.5. The minimum atomic E-state index is -0.951. The Bertz CT molecular complexity index is 1470. The molecule has 0 amide bonds. The van der Waals surface area contributed by atoms with Crippen molar-refractivity contribution in [2.24, 2.45) is 0 Å². The van der Waals surface area contributed by atoms with E-state index in [1.807, 2.05) is 18.2 Å². The van der Waals surface area contributed by atoms with Crippen molar-refractivity contribution in [3.8, 4) is 22.8 Å². The Balaban J connectivity index is 1.66. The summed E-state index contributed by atoms with van der Waals surface area (Å²) in [5, 5.41) is 5.04. The zero-order chi connectivity index (χ0) is 20.1. The number of hydrogen-bond acceptors (Lipinski definition) is 4. The van der Waals surface area contributed by atoms with Crippen LogP contribution in [0.25, 0.3) is 39.3 Å². The van der Waals surface area contributed by atoms with Crippen LogP contribution in [0.4, 0.5) is 8.78 Å². The summed E-state index contributed by atoms with van der Waals surface area (Å²) in [4.78, 5) is 24.6. The molecule has 0 radical (unpaired) electrons. The summed E-state index contributed by atoms with van der Waals surface area (Å²) in [6.45, 7) is 1.72. The van der Waals surface area contributed by atoms with Gasteiger partial charge < -0.3 is 4.98 Å². The van der Waals surface area contributed by atoms with Crippen LogP contribution in [0.2, 0.25) is 0 Å². The van der Waals surface area contributed by atoms with Gasteiger partial charge in [0.05, 0.1) is 23.8 Å². The van der Waals surface area contributed by atoms with Crippen molar-refractivity contribution in [2.75, 3.05) is 0 Å². The summed E-state index contributed by atoms with van der Waals surface area (Å²) in [6, 6.07) is 10.8. The van der Waals surface area contributed by atoms with Crippen molar-refractivity contribution >= 4 is 16.6 Å². The SMILES string of the molecule is Cc1c(-c2nc3cnc(-c4ccc(F)c(F)c4)cn3n2)[nH]c2ccccc2c1=O. The second kappa shape index (κ2) is 6.30. The largest absolute Gasteiger partial charge is 0.351 e. The van der Waals surface area contributed by atoms with Crippen molar-refractivity contribution in [1.29, 1.82) is 0 Å². The molecule has 3 heterocycles. The molecule has 0 saturated heterocycles. The Labute approximate surface area is 162 Å². The van der Waals surface area contributed by atoms with Crippen molar-refractivity contribution in [2.45, 2.75) is 6.92 Å². The summed E-state index contributed by atoms with van der Waals surface area (Å²) in [5.41, 5.74) is 2.92. The number of halogens is 2. The lowest BCUT2D eigenvalue weighted by Gasteiger charge is -2.04. The van der Waals surface area contributed by atoms with E-state index < -0.39 is 11.6 Å². The molecule has 5 rings (SSSR count). The van der Waals surface area contributed by atoms with E-state index in [-0.39, 0.29) is 5.43 Å². The number of fused-ring (bicyclic) bond motifs is 2. The molecule has 5 aromatic rings. The minimum absolute atomic E-state index is 0.0891. The molecule has 0 unspecified atom stereocenters. The Morgan fingerprint density at radius 2 is 1.90 bits per heavy atom. The molecule has 6 nitrogen and oxygen atoms in total. The number of H-pyrrole nitrogens is 1. The zero-order valence-electron chi connectivity index (χ0n) is 15.1. The lowest BCUT2D eigenvalue weighted by atomic mass is 10.1. The highest BCUT2D eigenvalue weighted by molar-refractivity contribution is 5.82. The van der Waals surface area contributed by atoms with Gasteiger partial charge in [0.25, 0.3) is 0 Å². The average Bonchev–Trinajstić information content (AvgIpc) is 3.16. The van der Waals surface area contributed by atoms with E-state index in [2.05, 4.69) is 20.1 Å². The number of aromatic nitrogens is 5. The fourth-order valence-electron chi connectivity index (χ4n) is 3.26. The first-order chi connectivity index (χ1) is 14.0. The molecule has 3 aromatic heterocycles. The second-order valence-electron chi connectivity index (χ2n) is 6.64. The predicted molar refractivity (Wildman–Crippen MR) is 104 cm³/mol. The van der Waals surface area contributed by atoms with Crippen LogP contribution in [0.5, 0.6) is 0 Å². The van der Waals surface area contributed by atoms with Gasteiger partial charge in [-0.3, -0.25) is 9.78 Å². The van der Waals surface area contributed by atoms with Crippen molar-refractivity contribution in [1.82, 2.24) is 24.6 Å². The van der Waals surface area contributed by atoms with E-state index in [0.717, 1.165) is 12.1 Å². The molecular formula is C21H13F2N5O. The van der Waals surface area contributed by atoms with Crippen LogP contribution in [-0.4, -0.2) is 24.6 Å². The fraction of sp³-hybridized carbons (Fsp3) is 0.0476. The molecule has 0 spiro atoms. The Morgan fingerprint density at radius 1 is 1.07 bits per heavy atom. The Kier molecular flexibility index (Phi) is 3.73. The predicted octanol–water partition coefficient (Wildman–Crippen LogP) is 3.89. The highest BCUT2D eigenvalue weighted by atomic mass is 19.2. The number of pyridine rings is 1. The van der Waals surface area contributed by atoms with E-state index in [4.69, 9.17) is 0 Å². The molecule has 29 heavy (non-hydrogen) atoms. The van der Waals surface area contributed by atoms with Gasteiger partial charge in [-0.15, -0.1) is 5.10 Å². The normalized spacial score (nSPS) is 11.4. The van der Waals surface area contributed by atoms with E-state index in [9.17, 15) is 13.6 Å². The van der Waals surface area contributed by atoms with Gasteiger partial charge in [0.1, 0.15) is 0 Å². The number of para-hydroxylation sites is 1. The summed E-state index contributed by atoms with van der Waals surface area (Å²) in [5.74, 6) is -1.53. The van der Waals surface area contributed by atoms with Crippen molar-refractivity contribution < 1.29 is 8.78 Å². The van der Waals surface area contributed by atoms with Crippen molar-refractivity contribution in [3.05, 3.63) is 82.3 Å². The van der Waals surface area contributed by atoms with Gasteiger partial charge in [-0.2, -0.15) is 0 Å². The van der Waals surface area contributed by atoms with Crippen LogP contribution >= 0.6 is 0 Å². The first-order valence-corrected chi connectivity index (χ1v) is 8.81. The molecule has 0 aliphatic carbocycles. The van der Waals surface area contributed by atoms with Gasteiger partial charge in [-0.05, 0) is 37.3 Å². The zero-order valence-corrected chi connectivity index (χ0v) is 15.1. The van der Waals surface area contributed by atoms with Gasteiger partial charge >= 0.3 is 0 Å². The third kappa shape index (κ3) is 2.77. The number of rotatable bonds is 2. The summed E-state index contributed by atoms with van der Waals surface area (Å²) in [6.07, 6.45) is 3.06. The standard InChI is InChI=1S/C21H13F2N5O/c1-11-19(25-16-5-3-2-4-13(16)20(11)29)21-26-18-9-24-17(10-28(18)27-21)12-6-7-14(22)15(23)8-12/h2-10H,1H3,(H,25,29). The average molecular weight is 389 g/mol. The number of aromatic amines is 1. The highest BCUT2D eigenvalue weighted by Crippen LogP contribution is 2.22. The molecule has 0 saturated carbocycles. The lowest BCUT2D eigenvalue weighted by Crippen LogP contribution is -2.09. The first kappa shape index (κ1) is 17.2. The van der Waals surface area contributed by atoms with E-state index in [0.29, 0.717) is 44.9 Å². The monoisotopic (exact) mass is 389 g/mol. The van der Waals surface area contributed by atoms with Crippen LogP contribution in [-0.2, 0) is 0 Å². The van der Waals surface area contributed by atoms with Gasteiger partial charge in [-0.1, -0.05) is 12.1 Å². The maximum atomic E-state index is 13.5. The highest BCUT2D eigenvalue weighted by Gasteiger charge is 2.15. The molecule has 8 heteroatoms. The molecule has 142 valence electrons. The van der Waals surface area contributed by atoms with Gasteiger partial charge in [0, 0.05) is 22.0 Å². The molecular weight excluding hydrogens is 376 g/mol. The lowest BCUT2D eigenvalue weighted by molar-refractivity contribution is 0.509. The molecule has 0 bridgehead atoms. The number of nitrogens with zero attached hydrogens (tertiary/aromatic N) is 4. The van der Waals surface area contributed by atoms with Gasteiger partial charge in [0.2, 0.25) is 0 Å². The van der Waals surface area contributed by atoms with Crippen LogP contribution in [0.1, 0.15) is 5.56 Å². The summed E-state index contributed by atoms with van der Waals surface area (Å²) < 4.78 is 28.2. The number of nitrogens with one attached hydrogen (secondary N) is 1. The topological polar surface area (TPSA) is 75.9 Å². The first-order valence-electron chi connectivity index (χ1n) is 8.81. The second-order valence-corrected chi connectivity index (χ2v) is 6.64. The Hall–Kier alpha value is -3.94. The maximum Gasteiger partial charge on any atom is 0.199 e. The quantitative estimate of drug-likeness (QED) is 0.497. The molecule has 2 aromatic carbocycles. The van der Waals surface area contributed by atoms with Gasteiger partial charge in [-0.25, -0.2) is 18.3 Å². The van der Waals surface area contributed by atoms with E-state index in [1.54, 1.807) is 19.2 Å². The van der Waals surface area contributed by atoms with Gasteiger partial charge in [0.15, 0.2) is 28.5 Å². The van der Waals surface area contributed by atoms with E-state index in [1.165, 1.54) is 16.8 Å². The number of benzene rings is 2.